The van der Waals surface area contributed by atoms with E-state index in [4.69, 9.17) is 0 Å². The van der Waals surface area contributed by atoms with Crippen molar-refractivity contribution in [3.63, 3.8) is 0 Å². The van der Waals surface area contributed by atoms with Crippen LogP contribution in [0, 0.1) is 0 Å². The third kappa shape index (κ3) is 2.83. The minimum absolute atomic E-state index is 0.0303. The Morgan fingerprint density at radius 1 is 1.63 bits per heavy atom. The smallest absolute Gasteiger partial charge is 0.272 e. The van der Waals surface area contributed by atoms with Crippen LogP contribution in [0.3, 0.4) is 0 Å². The number of aromatic nitrogens is 4. The van der Waals surface area contributed by atoms with Crippen LogP contribution < -0.4 is 5.32 Å². The van der Waals surface area contributed by atoms with Crippen molar-refractivity contribution in [1.29, 1.82) is 0 Å². The summed E-state index contributed by atoms with van der Waals surface area (Å²) in [6, 6.07) is 1.89. The predicted molar refractivity (Wildman–Crippen MR) is 69.7 cm³/mol. The first-order valence-corrected chi connectivity index (χ1v) is 6.54. The first-order chi connectivity index (χ1) is 9.22. The van der Waals surface area contributed by atoms with Gasteiger partial charge in [-0.15, -0.1) is 0 Å². The molecule has 1 fully saturated rings. The summed E-state index contributed by atoms with van der Waals surface area (Å²) < 4.78 is 1.94. The Hall–Kier alpha value is -2.11. The summed E-state index contributed by atoms with van der Waals surface area (Å²) in [4.78, 5) is 16.0. The molecule has 2 aromatic heterocycles. The molecule has 0 aliphatic heterocycles. The van der Waals surface area contributed by atoms with Crippen molar-refractivity contribution in [2.75, 3.05) is 0 Å². The van der Waals surface area contributed by atoms with E-state index in [2.05, 4.69) is 20.5 Å². The molecule has 3 rings (SSSR count). The number of carbonyl (C=O) groups excluding carboxylic acids is 1. The summed E-state index contributed by atoms with van der Waals surface area (Å²) in [7, 11) is 0. The van der Waals surface area contributed by atoms with Crippen LogP contribution in [0.15, 0.2) is 24.8 Å². The molecule has 0 spiro atoms. The Balaban J connectivity index is 1.57. The third-order valence-corrected chi connectivity index (χ3v) is 3.27. The van der Waals surface area contributed by atoms with E-state index in [1.165, 1.54) is 12.8 Å². The SMILES string of the molecule is C[C@H](Cn1ccnc1)NC(=O)c1cc(C2CC2)[nH]n1. The minimum atomic E-state index is -0.129. The van der Waals surface area contributed by atoms with Gasteiger partial charge >= 0.3 is 0 Å². The van der Waals surface area contributed by atoms with Crippen LogP contribution in [-0.2, 0) is 6.54 Å². The molecule has 0 unspecified atom stereocenters. The van der Waals surface area contributed by atoms with Gasteiger partial charge in [-0.25, -0.2) is 4.98 Å². The van der Waals surface area contributed by atoms with Crippen LogP contribution in [0.4, 0.5) is 0 Å². The van der Waals surface area contributed by atoms with Gasteiger partial charge in [-0.05, 0) is 25.8 Å². The Morgan fingerprint density at radius 2 is 2.47 bits per heavy atom. The molecule has 1 aliphatic rings. The largest absolute Gasteiger partial charge is 0.346 e. The lowest BCUT2D eigenvalue weighted by Gasteiger charge is -2.13. The monoisotopic (exact) mass is 259 g/mol. The average molecular weight is 259 g/mol. The second-order valence-corrected chi connectivity index (χ2v) is 5.12. The molecule has 6 nitrogen and oxygen atoms in total. The van der Waals surface area contributed by atoms with Gasteiger partial charge in [-0.3, -0.25) is 9.89 Å². The predicted octanol–water partition coefficient (Wildman–Crippen LogP) is 1.30. The van der Waals surface area contributed by atoms with E-state index in [0.717, 1.165) is 5.69 Å². The number of carbonyl (C=O) groups is 1. The molecule has 0 saturated heterocycles. The van der Waals surface area contributed by atoms with E-state index < -0.39 is 0 Å². The average Bonchev–Trinajstić information content (AvgIpc) is 2.91. The fourth-order valence-electron chi connectivity index (χ4n) is 2.11. The number of hydrogen-bond acceptors (Lipinski definition) is 3. The standard InChI is InChI=1S/C13H17N5O/c1-9(7-18-5-4-14-8-18)15-13(19)12-6-11(16-17-12)10-2-3-10/h4-6,8-10H,2-3,7H2,1H3,(H,15,19)(H,16,17)/t9-/m1/s1. The maximum Gasteiger partial charge on any atom is 0.272 e. The number of amides is 1. The van der Waals surface area contributed by atoms with E-state index in [1.54, 1.807) is 12.5 Å². The Labute approximate surface area is 111 Å². The molecule has 100 valence electrons. The molecule has 0 bridgehead atoms. The maximum atomic E-state index is 12.0. The molecule has 2 aromatic rings. The van der Waals surface area contributed by atoms with Gasteiger partial charge in [0.2, 0.25) is 0 Å². The van der Waals surface area contributed by atoms with Gasteiger partial charge in [0.1, 0.15) is 5.69 Å². The van der Waals surface area contributed by atoms with Crippen LogP contribution in [0.25, 0.3) is 0 Å². The molecular formula is C13H17N5O. The van der Waals surface area contributed by atoms with Crippen molar-refractivity contribution in [2.24, 2.45) is 0 Å². The Kier molecular flexibility index (Phi) is 3.06. The van der Waals surface area contributed by atoms with Crippen molar-refractivity contribution < 1.29 is 4.79 Å². The highest BCUT2D eigenvalue weighted by Crippen LogP contribution is 2.38. The summed E-state index contributed by atoms with van der Waals surface area (Å²) in [6.07, 6.45) is 7.73. The van der Waals surface area contributed by atoms with Crippen molar-refractivity contribution in [2.45, 2.75) is 38.3 Å². The highest BCUT2D eigenvalue weighted by atomic mass is 16.2. The number of H-pyrrole nitrogens is 1. The summed E-state index contributed by atoms with van der Waals surface area (Å²) in [5.41, 5.74) is 1.55. The summed E-state index contributed by atoms with van der Waals surface area (Å²) in [6.45, 7) is 2.66. The molecule has 2 N–H and O–H groups in total. The lowest BCUT2D eigenvalue weighted by Crippen LogP contribution is -2.35. The van der Waals surface area contributed by atoms with Crippen LogP contribution in [-0.4, -0.2) is 31.7 Å². The first kappa shape index (κ1) is 12.0. The lowest BCUT2D eigenvalue weighted by atomic mass is 10.2. The molecule has 6 heteroatoms. The molecule has 2 heterocycles. The number of nitrogens with zero attached hydrogens (tertiary/aromatic N) is 3. The number of rotatable bonds is 5. The van der Waals surface area contributed by atoms with Crippen molar-refractivity contribution in [1.82, 2.24) is 25.1 Å². The van der Waals surface area contributed by atoms with Gasteiger partial charge in [0.05, 0.1) is 6.33 Å². The zero-order valence-electron chi connectivity index (χ0n) is 10.8. The molecule has 0 aromatic carbocycles. The lowest BCUT2D eigenvalue weighted by molar-refractivity contribution is 0.0931. The van der Waals surface area contributed by atoms with Gasteiger partial charge < -0.3 is 9.88 Å². The molecule has 1 aliphatic carbocycles. The first-order valence-electron chi connectivity index (χ1n) is 6.54. The van der Waals surface area contributed by atoms with E-state index in [-0.39, 0.29) is 11.9 Å². The van der Waals surface area contributed by atoms with Crippen molar-refractivity contribution >= 4 is 5.91 Å². The second-order valence-electron chi connectivity index (χ2n) is 5.12. The number of nitrogens with one attached hydrogen (secondary N) is 2. The molecule has 1 saturated carbocycles. The molecular weight excluding hydrogens is 242 g/mol. The number of aromatic amines is 1. The van der Waals surface area contributed by atoms with Gasteiger partial charge in [-0.1, -0.05) is 0 Å². The van der Waals surface area contributed by atoms with Crippen molar-refractivity contribution in [3.05, 3.63) is 36.2 Å². The summed E-state index contributed by atoms with van der Waals surface area (Å²) in [5, 5.41) is 9.95. The van der Waals surface area contributed by atoms with Crippen LogP contribution >= 0.6 is 0 Å². The zero-order chi connectivity index (χ0) is 13.2. The van der Waals surface area contributed by atoms with Crippen LogP contribution in [0.1, 0.15) is 41.9 Å². The fourth-order valence-corrected chi connectivity index (χ4v) is 2.11. The van der Waals surface area contributed by atoms with E-state index in [1.807, 2.05) is 23.8 Å². The van der Waals surface area contributed by atoms with E-state index in [0.29, 0.717) is 18.2 Å². The van der Waals surface area contributed by atoms with Gasteiger partial charge in [0, 0.05) is 36.6 Å². The molecule has 1 amide bonds. The van der Waals surface area contributed by atoms with Gasteiger partial charge in [0.15, 0.2) is 0 Å². The van der Waals surface area contributed by atoms with Crippen LogP contribution in [0.2, 0.25) is 0 Å². The molecule has 0 radical (unpaired) electrons. The number of imidazole rings is 1. The zero-order valence-corrected chi connectivity index (χ0v) is 10.8. The number of hydrogen-bond donors (Lipinski definition) is 2. The second kappa shape index (κ2) is 4.87. The highest BCUT2D eigenvalue weighted by molar-refractivity contribution is 5.92. The Bertz CT molecular complexity index is 555. The summed E-state index contributed by atoms with van der Waals surface area (Å²) in [5.74, 6) is 0.452. The third-order valence-electron chi connectivity index (χ3n) is 3.27. The maximum absolute atomic E-state index is 12.0. The quantitative estimate of drug-likeness (QED) is 0.849. The van der Waals surface area contributed by atoms with Gasteiger partial charge in [0.25, 0.3) is 5.91 Å². The van der Waals surface area contributed by atoms with Gasteiger partial charge in [-0.2, -0.15) is 5.10 Å². The highest BCUT2D eigenvalue weighted by Gasteiger charge is 2.26. The molecule has 1 atom stereocenters. The normalized spacial score (nSPS) is 16.3. The summed E-state index contributed by atoms with van der Waals surface area (Å²) >= 11 is 0. The minimum Gasteiger partial charge on any atom is -0.346 e. The fraction of sp³-hybridized carbons (Fsp3) is 0.462. The van der Waals surface area contributed by atoms with Crippen molar-refractivity contribution in [3.8, 4) is 0 Å². The van der Waals surface area contributed by atoms with E-state index >= 15 is 0 Å². The molecule has 19 heavy (non-hydrogen) atoms. The Morgan fingerprint density at radius 3 is 3.16 bits per heavy atom. The van der Waals surface area contributed by atoms with E-state index in [9.17, 15) is 4.79 Å². The topological polar surface area (TPSA) is 75.6 Å². The van der Waals surface area contributed by atoms with Crippen LogP contribution in [0.5, 0.6) is 0 Å².